The summed E-state index contributed by atoms with van der Waals surface area (Å²) < 4.78 is 26.4. The Balaban J connectivity index is 3.01. The molecule has 0 amide bonds. The van der Waals surface area contributed by atoms with Gasteiger partial charge in [0.05, 0.1) is 6.26 Å². The van der Waals surface area contributed by atoms with Crippen molar-refractivity contribution in [1.82, 2.24) is 0 Å². The maximum atomic E-state index is 11.9. The molecule has 1 rings (SSSR count). The summed E-state index contributed by atoms with van der Waals surface area (Å²) in [4.78, 5) is 23.1. The van der Waals surface area contributed by atoms with Crippen molar-refractivity contribution in [3.05, 3.63) is 35.9 Å². The van der Waals surface area contributed by atoms with Gasteiger partial charge in [0.2, 0.25) is 5.78 Å². The van der Waals surface area contributed by atoms with Crippen LogP contribution in [0.5, 0.6) is 0 Å². The molecule has 17 heavy (non-hydrogen) atoms. The first-order valence-corrected chi connectivity index (χ1v) is 6.61. The van der Waals surface area contributed by atoms with E-state index < -0.39 is 27.8 Å². The van der Waals surface area contributed by atoms with Crippen LogP contribution in [0.15, 0.2) is 30.3 Å². The average molecular weight is 256 g/mol. The van der Waals surface area contributed by atoms with Gasteiger partial charge in [-0.3, -0.25) is 13.8 Å². The lowest BCUT2D eigenvalue weighted by Gasteiger charge is -2.11. The molecule has 0 aliphatic heterocycles. The average Bonchev–Trinajstić information content (AvgIpc) is 2.25. The van der Waals surface area contributed by atoms with Crippen molar-refractivity contribution < 1.29 is 22.2 Å². The van der Waals surface area contributed by atoms with E-state index >= 15 is 0 Å². The van der Waals surface area contributed by atoms with E-state index in [1.807, 2.05) is 0 Å². The molecular formula is C11H12O5S. The molecule has 0 fully saturated rings. The summed E-state index contributed by atoms with van der Waals surface area (Å²) >= 11 is 0. The summed E-state index contributed by atoms with van der Waals surface area (Å²) in [5.41, 5.74) is 0.233. The van der Waals surface area contributed by atoms with Gasteiger partial charge < -0.3 is 0 Å². The van der Waals surface area contributed by atoms with Crippen LogP contribution in [0, 0.1) is 0 Å². The predicted molar refractivity (Wildman–Crippen MR) is 61.2 cm³/mol. The van der Waals surface area contributed by atoms with Crippen molar-refractivity contribution >= 4 is 21.7 Å². The van der Waals surface area contributed by atoms with Crippen molar-refractivity contribution in [2.24, 2.45) is 0 Å². The number of hydrogen-bond donors (Lipinski definition) is 0. The first-order valence-electron chi connectivity index (χ1n) is 4.79. The van der Waals surface area contributed by atoms with Gasteiger partial charge in [-0.2, -0.15) is 8.42 Å². The molecule has 0 bridgehead atoms. The Morgan fingerprint density at radius 1 is 1.18 bits per heavy atom. The Kier molecular flexibility index (Phi) is 4.14. The zero-order valence-corrected chi connectivity index (χ0v) is 10.2. The number of carbonyl (C=O) groups excluding carboxylic acids is 2. The fraction of sp³-hybridized carbons (Fsp3) is 0.273. The van der Waals surface area contributed by atoms with Crippen molar-refractivity contribution in [2.75, 3.05) is 6.26 Å². The minimum Gasteiger partial charge on any atom is -0.296 e. The molecule has 0 saturated heterocycles. The van der Waals surface area contributed by atoms with Gasteiger partial charge in [-0.25, -0.2) is 0 Å². The summed E-state index contributed by atoms with van der Waals surface area (Å²) in [7, 11) is -3.86. The standard InChI is InChI=1S/C11H12O5S/c1-8(12)11(16-17(2,14)15)10(13)9-6-4-3-5-7-9/h3-7,11H,1-2H3. The maximum Gasteiger partial charge on any atom is 0.265 e. The highest BCUT2D eigenvalue weighted by molar-refractivity contribution is 7.86. The second-order valence-electron chi connectivity index (χ2n) is 3.52. The van der Waals surface area contributed by atoms with E-state index in [1.165, 1.54) is 12.1 Å². The number of Topliss-reactive ketones (excluding diaryl/α,β-unsaturated/α-hetero) is 2. The molecule has 0 aliphatic rings. The van der Waals surface area contributed by atoms with Crippen molar-refractivity contribution in [1.29, 1.82) is 0 Å². The fourth-order valence-electron chi connectivity index (χ4n) is 1.22. The normalized spacial score (nSPS) is 13.1. The van der Waals surface area contributed by atoms with Gasteiger partial charge in [0.25, 0.3) is 10.1 Å². The molecule has 1 unspecified atom stereocenters. The fourth-order valence-corrected chi connectivity index (χ4v) is 1.80. The lowest BCUT2D eigenvalue weighted by atomic mass is 10.0. The highest BCUT2D eigenvalue weighted by atomic mass is 32.2. The second-order valence-corrected chi connectivity index (χ2v) is 5.12. The van der Waals surface area contributed by atoms with Gasteiger partial charge in [-0.1, -0.05) is 30.3 Å². The van der Waals surface area contributed by atoms with Crippen LogP contribution in [0.4, 0.5) is 0 Å². The van der Waals surface area contributed by atoms with Crippen LogP contribution >= 0.6 is 0 Å². The predicted octanol–water partition coefficient (Wildman–Crippen LogP) is 0.803. The topological polar surface area (TPSA) is 77.5 Å². The summed E-state index contributed by atoms with van der Waals surface area (Å²) in [6.07, 6.45) is -0.811. The van der Waals surface area contributed by atoms with Crippen molar-refractivity contribution in [2.45, 2.75) is 13.0 Å². The van der Waals surface area contributed by atoms with Crippen molar-refractivity contribution in [3.63, 3.8) is 0 Å². The summed E-state index contributed by atoms with van der Waals surface area (Å²) in [6.45, 7) is 1.11. The first kappa shape index (κ1) is 13.5. The lowest BCUT2D eigenvalue weighted by molar-refractivity contribution is -0.121. The van der Waals surface area contributed by atoms with E-state index in [0.717, 1.165) is 13.2 Å². The number of ketones is 2. The van der Waals surface area contributed by atoms with E-state index in [-0.39, 0.29) is 5.56 Å². The van der Waals surface area contributed by atoms with E-state index in [2.05, 4.69) is 4.18 Å². The highest BCUT2D eigenvalue weighted by Gasteiger charge is 2.28. The third kappa shape index (κ3) is 4.08. The zero-order chi connectivity index (χ0) is 13.1. The Hall–Kier alpha value is -1.53. The van der Waals surface area contributed by atoms with Crippen LogP contribution in [0.25, 0.3) is 0 Å². The highest BCUT2D eigenvalue weighted by Crippen LogP contribution is 2.09. The third-order valence-electron chi connectivity index (χ3n) is 1.94. The van der Waals surface area contributed by atoms with Gasteiger partial charge in [0, 0.05) is 5.56 Å². The molecule has 0 N–H and O–H groups in total. The molecular weight excluding hydrogens is 244 g/mol. The van der Waals surface area contributed by atoms with Crippen LogP contribution in [-0.2, 0) is 19.1 Å². The number of benzene rings is 1. The summed E-state index contributed by atoms with van der Waals surface area (Å²) in [6, 6.07) is 7.92. The quantitative estimate of drug-likeness (QED) is 0.442. The van der Waals surface area contributed by atoms with Gasteiger partial charge >= 0.3 is 0 Å². The maximum absolute atomic E-state index is 11.9. The molecule has 5 nitrogen and oxygen atoms in total. The van der Waals surface area contributed by atoms with Crippen LogP contribution in [0.2, 0.25) is 0 Å². The molecule has 0 aliphatic carbocycles. The molecule has 1 aromatic carbocycles. The molecule has 0 aromatic heterocycles. The molecule has 1 aromatic rings. The number of carbonyl (C=O) groups is 2. The Bertz CT molecular complexity index is 518. The van der Waals surface area contributed by atoms with E-state index in [1.54, 1.807) is 18.2 Å². The summed E-state index contributed by atoms with van der Waals surface area (Å²) in [5, 5.41) is 0. The monoisotopic (exact) mass is 256 g/mol. The van der Waals surface area contributed by atoms with Crippen LogP contribution in [0.1, 0.15) is 17.3 Å². The molecule has 0 heterocycles. The first-order chi connectivity index (χ1) is 7.81. The number of hydrogen-bond acceptors (Lipinski definition) is 5. The molecule has 1 atom stereocenters. The van der Waals surface area contributed by atoms with Crippen LogP contribution in [0.3, 0.4) is 0 Å². The van der Waals surface area contributed by atoms with E-state index in [9.17, 15) is 18.0 Å². The number of rotatable bonds is 5. The molecule has 0 saturated carbocycles. The second kappa shape index (κ2) is 5.20. The zero-order valence-electron chi connectivity index (χ0n) is 9.41. The van der Waals surface area contributed by atoms with Crippen molar-refractivity contribution in [3.8, 4) is 0 Å². The van der Waals surface area contributed by atoms with Gasteiger partial charge in [0.15, 0.2) is 11.9 Å². The van der Waals surface area contributed by atoms with Crippen LogP contribution < -0.4 is 0 Å². The van der Waals surface area contributed by atoms with Crippen LogP contribution in [-0.4, -0.2) is 32.3 Å². The Morgan fingerprint density at radius 2 is 1.71 bits per heavy atom. The van der Waals surface area contributed by atoms with Gasteiger partial charge in [-0.15, -0.1) is 0 Å². The summed E-state index contributed by atoms with van der Waals surface area (Å²) in [5.74, 6) is -1.31. The van der Waals surface area contributed by atoms with E-state index in [0.29, 0.717) is 0 Å². The van der Waals surface area contributed by atoms with Gasteiger partial charge in [0.1, 0.15) is 0 Å². The Morgan fingerprint density at radius 3 is 2.12 bits per heavy atom. The molecule has 0 radical (unpaired) electrons. The van der Waals surface area contributed by atoms with E-state index in [4.69, 9.17) is 0 Å². The minimum atomic E-state index is -3.86. The minimum absolute atomic E-state index is 0.233. The lowest BCUT2D eigenvalue weighted by Crippen LogP contribution is -2.33. The molecule has 6 heteroatoms. The third-order valence-corrected chi connectivity index (χ3v) is 2.48. The Labute approximate surface area is 99.5 Å². The smallest absolute Gasteiger partial charge is 0.265 e. The largest absolute Gasteiger partial charge is 0.296 e. The SMILES string of the molecule is CC(=O)C(OS(C)(=O)=O)C(=O)c1ccccc1. The van der Waals surface area contributed by atoms with Gasteiger partial charge in [-0.05, 0) is 6.92 Å². The molecule has 0 spiro atoms. The molecule has 92 valence electrons.